The molecule has 0 bridgehead atoms. The second-order valence-corrected chi connectivity index (χ2v) is 7.63. The van der Waals surface area contributed by atoms with E-state index in [2.05, 4.69) is 35.2 Å². The van der Waals surface area contributed by atoms with Crippen LogP contribution in [0.1, 0.15) is 42.6 Å². The van der Waals surface area contributed by atoms with Crippen molar-refractivity contribution in [1.29, 1.82) is 0 Å². The summed E-state index contributed by atoms with van der Waals surface area (Å²) in [6.07, 6.45) is 0.856. The summed E-state index contributed by atoms with van der Waals surface area (Å²) in [5.74, 6) is 2.83. The molecule has 10 heteroatoms. The molecule has 0 radical (unpaired) electrons. The Balaban J connectivity index is 1.37. The molecule has 30 heavy (non-hydrogen) atoms. The van der Waals surface area contributed by atoms with Crippen molar-refractivity contribution in [3.8, 4) is 5.82 Å². The van der Waals surface area contributed by atoms with Gasteiger partial charge in [-0.25, -0.2) is 4.68 Å². The Bertz CT molecular complexity index is 968. The van der Waals surface area contributed by atoms with E-state index in [1.54, 1.807) is 7.11 Å². The molecular weight excluding hydrogens is 384 g/mol. The largest absolute Gasteiger partial charge is 0.374 e. The van der Waals surface area contributed by atoms with Gasteiger partial charge in [0.25, 0.3) is 0 Å². The lowest BCUT2D eigenvalue weighted by molar-refractivity contribution is 0.109. The summed E-state index contributed by atoms with van der Waals surface area (Å²) in [5.41, 5.74) is 2.01. The van der Waals surface area contributed by atoms with E-state index < -0.39 is 0 Å². The highest BCUT2D eigenvalue weighted by molar-refractivity contribution is 5.40. The number of ether oxygens (including phenoxy) is 1. The minimum atomic E-state index is -0.168. The van der Waals surface area contributed by atoms with Gasteiger partial charge in [0.15, 0.2) is 17.5 Å². The molecule has 0 spiro atoms. The van der Waals surface area contributed by atoms with Crippen LogP contribution in [-0.2, 0) is 11.3 Å². The second kappa shape index (κ2) is 8.88. The molecule has 1 aliphatic rings. The fourth-order valence-corrected chi connectivity index (χ4v) is 3.61. The first-order valence-electron chi connectivity index (χ1n) is 10.2. The van der Waals surface area contributed by atoms with E-state index in [1.807, 2.05) is 43.7 Å². The van der Waals surface area contributed by atoms with E-state index in [4.69, 9.17) is 9.26 Å². The van der Waals surface area contributed by atoms with E-state index in [0.29, 0.717) is 18.3 Å². The molecule has 0 saturated carbocycles. The topological polar surface area (TPSA) is 98.2 Å². The van der Waals surface area contributed by atoms with Gasteiger partial charge in [-0.1, -0.05) is 5.16 Å². The zero-order chi connectivity index (χ0) is 21.1. The quantitative estimate of drug-likeness (QED) is 0.602. The van der Waals surface area contributed by atoms with Gasteiger partial charge in [-0.3, -0.25) is 4.90 Å². The van der Waals surface area contributed by atoms with Gasteiger partial charge in [0.1, 0.15) is 6.10 Å². The van der Waals surface area contributed by atoms with E-state index in [9.17, 15) is 0 Å². The Kier molecular flexibility index (Phi) is 6.05. The number of methoxy groups -OCH3 is 1. The fraction of sp³-hybridized carbons (Fsp3) is 0.550. The Labute approximate surface area is 175 Å². The van der Waals surface area contributed by atoms with Crippen molar-refractivity contribution in [1.82, 2.24) is 35.0 Å². The maximum Gasteiger partial charge on any atom is 0.240 e. The minimum Gasteiger partial charge on any atom is -0.374 e. The minimum absolute atomic E-state index is 0.168. The van der Waals surface area contributed by atoms with Gasteiger partial charge in [-0.05, 0) is 45.4 Å². The number of anilines is 1. The maximum atomic E-state index is 5.38. The van der Waals surface area contributed by atoms with Gasteiger partial charge in [0.2, 0.25) is 5.89 Å². The van der Waals surface area contributed by atoms with Crippen molar-refractivity contribution in [2.75, 3.05) is 38.2 Å². The van der Waals surface area contributed by atoms with E-state index >= 15 is 0 Å². The fourth-order valence-electron chi connectivity index (χ4n) is 3.61. The van der Waals surface area contributed by atoms with Crippen molar-refractivity contribution >= 4 is 5.82 Å². The highest BCUT2D eigenvalue weighted by Crippen LogP contribution is 2.17. The van der Waals surface area contributed by atoms with E-state index in [1.165, 1.54) is 0 Å². The molecule has 0 N–H and O–H groups in total. The molecule has 160 valence electrons. The highest BCUT2D eigenvalue weighted by atomic mass is 16.5. The summed E-state index contributed by atoms with van der Waals surface area (Å²) in [4.78, 5) is 9.04. The predicted octanol–water partition coefficient (Wildman–Crippen LogP) is 2.08. The smallest absolute Gasteiger partial charge is 0.240 e. The van der Waals surface area contributed by atoms with Crippen LogP contribution in [0.5, 0.6) is 0 Å². The summed E-state index contributed by atoms with van der Waals surface area (Å²) in [5, 5.41) is 17.3. The Hall–Kier alpha value is -2.85. The standard InChI is InChI=1S/C20H28N8O2/c1-14-12-15(2)28(24-14)18-7-6-17(22-23-18)27-9-5-8-26(10-11-27)13-19-21-20(25-30-19)16(3)29-4/h6-7,12,16H,5,8-11,13H2,1-4H3. The van der Waals surface area contributed by atoms with Gasteiger partial charge < -0.3 is 14.2 Å². The third-order valence-electron chi connectivity index (χ3n) is 5.34. The van der Waals surface area contributed by atoms with Crippen LogP contribution in [0.3, 0.4) is 0 Å². The van der Waals surface area contributed by atoms with Gasteiger partial charge in [-0.2, -0.15) is 10.1 Å². The third kappa shape index (κ3) is 4.49. The average Bonchev–Trinajstić information content (AvgIpc) is 3.27. The van der Waals surface area contributed by atoms with Crippen LogP contribution in [0, 0.1) is 13.8 Å². The monoisotopic (exact) mass is 412 g/mol. The summed E-state index contributed by atoms with van der Waals surface area (Å²) >= 11 is 0. The maximum absolute atomic E-state index is 5.38. The zero-order valence-electron chi connectivity index (χ0n) is 17.9. The molecule has 1 aliphatic heterocycles. The van der Waals surface area contributed by atoms with Gasteiger partial charge in [0.05, 0.1) is 12.2 Å². The SMILES string of the molecule is COC(C)c1noc(CN2CCCN(c3ccc(-n4nc(C)cc4C)nn3)CC2)n1. The molecule has 10 nitrogen and oxygen atoms in total. The van der Waals surface area contributed by atoms with Gasteiger partial charge in [-0.15, -0.1) is 10.2 Å². The Morgan fingerprint density at radius 3 is 2.60 bits per heavy atom. The molecule has 0 amide bonds. The summed E-state index contributed by atoms with van der Waals surface area (Å²) in [6, 6.07) is 6.02. The van der Waals surface area contributed by atoms with E-state index in [0.717, 1.165) is 55.6 Å². The third-order valence-corrected chi connectivity index (χ3v) is 5.34. The molecule has 3 aromatic heterocycles. The van der Waals surface area contributed by atoms with Gasteiger partial charge >= 0.3 is 0 Å². The number of rotatable bonds is 6. The van der Waals surface area contributed by atoms with Crippen LogP contribution in [0.4, 0.5) is 5.82 Å². The van der Waals surface area contributed by atoms with Crippen molar-refractivity contribution < 1.29 is 9.26 Å². The molecule has 0 aromatic carbocycles. The predicted molar refractivity (Wildman–Crippen MR) is 110 cm³/mol. The molecule has 1 unspecified atom stereocenters. The number of nitrogens with zero attached hydrogens (tertiary/aromatic N) is 8. The Morgan fingerprint density at radius 2 is 1.90 bits per heavy atom. The summed E-state index contributed by atoms with van der Waals surface area (Å²) in [7, 11) is 1.64. The van der Waals surface area contributed by atoms with Crippen LogP contribution in [0.15, 0.2) is 22.7 Å². The van der Waals surface area contributed by atoms with Crippen LogP contribution in [-0.4, -0.2) is 68.3 Å². The highest BCUT2D eigenvalue weighted by Gasteiger charge is 2.20. The van der Waals surface area contributed by atoms with Crippen LogP contribution < -0.4 is 4.90 Å². The Morgan fingerprint density at radius 1 is 1.10 bits per heavy atom. The number of hydrogen-bond donors (Lipinski definition) is 0. The first kappa shape index (κ1) is 20.4. The number of hydrogen-bond acceptors (Lipinski definition) is 9. The average molecular weight is 412 g/mol. The molecule has 4 heterocycles. The zero-order valence-corrected chi connectivity index (χ0v) is 17.9. The number of aryl methyl sites for hydroxylation is 2. The van der Waals surface area contributed by atoms with Crippen molar-refractivity contribution in [2.24, 2.45) is 0 Å². The van der Waals surface area contributed by atoms with Crippen molar-refractivity contribution in [3.63, 3.8) is 0 Å². The van der Waals surface area contributed by atoms with Crippen LogP contribution in [0.25, 0.3) is 5.82 Å². The lowest BCUT2D eigenvalue weighted by Gasteiger charge is -2.21. The normalized spacial score (nSPS) is 16.6. The number of aromatic nitrogens is 6. The van der Waals surface area contributed by atoms with E-state index in [-0.39, 0.29) is 6.10 Å². The molecule has 4 rings (SSSR count). The van der Waals surface area contributed by atoms with Crippen LogP contribution >= 0.6 is 0 Å². The lowest BCUT2D eigenvalue weighted by Crippen LogP contribution is -2.31. The first-order valence-corrected chi connectivity index (χ1v) is 10.2. The molecule has 1 fully saturated rings. The van der Waals surface area contributed by atoms with Crippen molar-refractivity contribution in [3.05, 3.63) is 41.3 Å². The molecular formula is C20H28N8O2. The molecule has 3 aromatic rings. The molecule has 0 aliphatic carbocycles. The van der Waals surface area contributed by atoms with Crippen molar-refractivity contribution in [2.45, 2.75) is 39.8 Å². The molecule has 1 atom stereocenters. The summed E-state index contributed by atoms with van der Waals surface area (Å²) in [6.45, 7) is 10.2. The van der Waals surface area contributed by atoms with Gasteiger partial charge in [0, 0.05) is 39.0 Å². The lowest BCUT2D eigenvalue weighted by atomic mass is 10.3. The first-order chi connectivity index (χ1) is 14.5. The van der Waals surface area contributed by atoms with Crippen LogP contribution in [0.2, 0.25) is 0 Å². The molecule has 1 saturated heterocycles. The summed E-state index contributed by atoms with van der Waals surface area (Å²) < 4.78 is 12.4. The second-order valence-electron chi connectivity index (χ2n) is 7.63.